The van der Waals surface area contributed by atoms with Crippen LogP contribution < -0.4 is 0 Å². The molecule has 188 valence electrons. The highest BCUT2D eigenvalue weighted by Crippen LogP contribution is 2.61. The summed E-state index contributed by atoms with van der Waals surface area (Å²) in [4.78, 5) is 44.8. The van der Waals surface area contributed by atoms with Gasteiger partial charge in [-0.2, -0.15) is 0 Å². The van der Waals surface area contributed by atoms with Crippen LogP contribution in [-0.2, 0) is 19.1 Å². The Kier molecular flexibility index (Phi) is 6.70. The fraction of sp³-hybridized carbons (Fsp3) is 0.731. The summed E-state index contributed by atoms with van der Waals surface area (Å²) in [7, 11) is 0. The van der Waals surface area contributed by atoms with Crippen LogP contribution in [0.2, 0.25) is 0 Å². The number of rotatable bonds is 5. The predicted molar refractivity (Wildman–Crippen MR) is 132 cm³/mol. The third-order valence-corrected chi connectivity index (χ3v) is 9.12. The smallest absolute Gasteiger partial charge is 0.311 e. The topological polar surface area (TPSA) is 87.2 Å². The summed E-state index contributed by atoms with van der Waals surface area (Å²) < 4.78 is 4.67. The van der Waals surface area contributed by atoms with E-state index in [0.29, 0.717) is 26.0 Å². The number of nitrogens with zero attached hydrogens (tertiary/aromatic N) is 2. The van der Waals surface area contributed by atoms with E-state index in [2.05, 4.69) is 34.6 Å². The van der Waals surface area contributed by atoms with Crippen molar-refractivity contribution in [1.82, 2.24) is 9.80 Å². The third-order valence-electron chi connectivity index (χ3n) is 7.37. The Bertz CT molecular complexity index is 907. The number of esters is 1. The predicted octanol–water partition coefficient (Wildman–Crippen LogP) is 2.78. The van der Waals surface area contributed by atoms with Crippen LogP contribution in [-0.4, -0.2) is 80.6 Å². The number of likely N-dealkylation sites (tertiary alicyclic amines) is 1. The van der Waals surface area contributed by atoms with Crippen LogP contribution in [0.25, 0.3) is 0 Å². The van der Waals surface area contributed by atoms with Gasteiger partial charge in [-0.05, 0) is 38.5 Å². The van der Waals surface area contributed by atoms with E-state index >= 15 is 0 Å². The van der Waals surface area contributed by atoms with Crippen LogP contribution in [0.5, 0.6) is 0 Å². The van der Waals surface area contributed by atoms with E-state index in [1.54, 1.807) is 16.7 Å². The zero-order valence-electron chi connectivity index (χ0n) is 21.0. The number of carbonyl (C=O) groups excluding carboxylic acids is 3. The number of aliphatic hydroxyl groups excluding tert-OH is 1. The fourth-order valence-electron chi connectivity index (χ4n) is 6.53. The van der Waals surface area contributed by atoms with Crippen molar-refractivity contribution in [3.63, 3.8) is 0 Å². The number of fused-ring (bicyclic) bond motifs is 2. The maximum Gasteiger partial charge on any atom is 0.311 e. The summed E-state index contributed by atoms with van der Waals surface area (Å²) in [5.74, 6) is -1.89. The zero-order valence-corrected chi connectivity index (χ0v) is 21.8. The minimum atomic E-state index is -0.834. The van der Waals surface area contributed by atoms with Crippen molar-refractivity contribution in [1.29, 1.82) is 0 Å². The molecule has 0 aromatic heterocycles. The largest absolute Gasteiger partial charge is 0.465 e. The summed E-state index contributed by atoms with van der Waals surface area (Å²) in [5, 5.41) is 9.29. The number of cyclic esters (lactones) is 1. The van der Waals surface area contributed by atoms with E-state index in [9.17, 15) is 19.5 Å². The molecule has 0 aromatic rings. The molecule has 4 rings (SSSR count). The first-order chi connectivity index (χ1) is 15.9. The van der Waals surface area contributed by atoms with Gasteiger partial charge < -0.3 is 19.6 Å². The van der Waals surface area contributed by atoms with Gasteiger partial charge in [0, 0.05) is 30.5 Å². The number of hydrogen-bond donors (Lipinski definition) is 1. The van der Waals surface area contributed by atoms with Crippen molar-refractivity contribution in [3.8, 4) is 0 Å². The maximum atomic E-state index is 14.3. The molecule has 0 aliphatic carbocycles. The van der Waals surface area contributed by atoms with Crippen LogP contribution in [0.15, 0.2) is 24.3 Å². The Morgan fingerprint density at radius 2 is 1.88 bits per heavy atom. The monoisotopic (exact) mass is 490 g/mol. The van der Waals surface area contributed by atoms with E-state index in [0.717, 1.165) is 6.42 Å². The Balaban J connectivity index is 1.79. The lowest BCUT2D eigenvalue weighted by Crippen LogP contribution is -2.58. The molecule has 2 fully saturated rings. The molecule has 1 N–H and O–H groups in total. The van der Waals surface area contributed by atoms with Crippen molar-refractivity contribution in [2.45, 2.75) is 75.5 Å². The maximum absolute atomic E-state index is 14.3. The van der Waals surface area contributed by atoms with E-state index in [-0.39, 0.29) is 41.6 Å². The quantitative estimate of drug-likeness (QED) is 0.471. The Morgan fingerprint density at radius 3 is 2.56 bits per heavy atom. The Hall–Kier alpha value is -1.80. The molecule has 0 aromatic carbocycles. The molecule has 4 aliphatic rings. The second kappa shape index (κ2) is 9.01. The van der Waals surface area contributed by atoms with Crippen molar-refractivity contribution in [3.05, 3.63) is 24.3 Å². The summed E-state index contributed by atoms with van der Waals surface area (Å²) in [5.41, 5.74) is -0.400. The first kappa shape index (κ1) is 25.3. The van der Waals surface area contributed by atoms with Crippen LogP contribution in [0.3, 0.4) is 0 Å². The van der Waals surface area contributed by atoms with Crippen LogP contribution in [0, 0.1) is 17.3 Å². The molecule has 4 aliphatic heterocycles. The van der Waals surface area contributed by atoms with Gasteiger partial charge in [-0.25, -0.2) is 0 Å². The molecule has 2 saturated heterocycles. The summed E-state index contributed by atoms with van der Waals surface area (Å²) in [6.07, 6.45) is 9.92. The molecule has 0 saturated carbocycles. The molecule has 0 bridgehead atoms. The molecule has 7 nitrogen and oxygen atoms in total. The molecular formula is C26H38N2O5S. The van der Waals surface area contributed by atoms with Gasteiger partial charge in [0.15, 0.2) is 0 Å². The molecular weight excluding hydrogens is 452 g/mol. The number of hydrogen-bond acceptors (Lipinski definition) is 6. The summed E-state index contributed by atoms with van der Waals surface area (Å²) >= 11 is 1.56. The summed E-state index contributed by atoms with van der Waals surface area (Å²) in [6, 6.07) is -0.714. The lowest BCUT2D eigenvalue weighted by Gasteiger charge is -2.44. The minimum absolute atomic E-state index is 0.0181. The van der Waals surface area contributed by atoms with Gasteiger partial charge in [0.1, 0.15) is 6.04 Å². The zero-order chi connectivity index (χ0) is 24.9. The lowest BCUT2D eigenvalue weighted by molar-refractivity contribution is -0.153. The molecule has 1 spiro atoms. The van der Waals surface area contributed by atoms with E-state index in [4.69, 9.17) is 4.74 Å². The van der Waals surface area contributed by atoms with E-state index < -0.39 is 28.2 Å². The number of thioether (sulfide) groups is 1. The van der Waals surface area contributed by atoms with Crippen LogP contribution in [0.1, 0.15) is 53.9 Å². The first-order valence-electron chi connectivity index (χ1n) is 12.3. The SMILES string of the molecule is CC(C)(C)CC(C)(C)N1CC=C[C@]23S[C@@H]4C=CCCOC(=O)[C@@H]4[C@H]2C(=O)N(CCCO)C3C1=O. The van der Waals surface area contributed by atoms with E-state index in [1.165, 1.54) is 0 Å². The van der Waals surface area contributed by atoms with Crippen molar-refractivity contribution < 1.29 is 24.2 Å². The van der Waals surface area contributed by atoms with Gasteiger partial charge in [-0.15, -0.1) is 11.8 Å². The van der Waals surface area contributed by atoms with Crippen molar-refractivity contribution in [2.24, 2.45) is 17.3 Å². The Labute approximate surface area is 206 Å². The normalized spacial score (nSPS) is 33.8. The second-order valence-electron chi connectivity index (χ2n) is 11.7. The van der Waals surface area contributed by atoms with Crippen molar-refractivity contribution in [2.75, 3.05) is 26.3 Å². The molecule has 4 heterocycles. The molecule has 2 amide bonds. The average Bonchev–Trinajstić information content (AvgIpc) is 3.08. The van der Waals surface area contributed by atoms with Gasteiger partial charge in [-0.1, -0.05) is 45.1 Å². The standard InChI is InChI=1S/C26H38N2O5S/c1-24(2,3)16-25(4,5)28-13-8-11-26-19(18-17(34-26)10-6-7-15-33-23(18)32)21(30)27(12-9-14-29)20(26)22(28)31/h6,8,10-11,17-20,29H,7,9,12-16H2,1-5H3/t17-,18+,19+,20?,26+/m1/s1. The minimum Gasteiger partial charge on any atom is -0.465 e. The second-order valence-corrected chi connectivity index (χ2v) is 13.2. The number of ether oxygens (including phenoxy) is 1. The molecule has 8 heteroatoms. The van der Waals surface area contributed by atoms with Gasteiger partial charge in [0.25, 0.3) is 0 Å². The molecule has 1 unspecified atom stereocenters. The van der Waals surface area contributed by atoms with Gasteiger partial charge in [-0.3, -0.25) is 14.4 Å². The van der Waals surface area contributed by atoms with Gasteiger partial charge in [0.05, 0.1) is 23.2 Å². The number of aliphatic hydroxyl groups is 1. The molecule has 34 heavy (non-hydrogen) atoms. The fourth-order valence-corrected chi connectivity index (χ4v) is 8.53. The van der Waals surface area contributed by atoms with Gasteiger partial charge >= 0.3 is 5.97 Å². The highest BCUT2D eigenvalue weighted by atomic mass is 32.2. The summed E-state index contributed by atoms with van der Waals surface area (Å²) in [6.45, 7) is 11.7. The lowest BCUT2D eigenvalue weighted by atomic mass is 9.78. The van der Waals surface area contributed by atoms with Crippen LogP contribution >= 0.6 is 11.8 Å². The Morgan fingerprint density at radius 1 is 1.15 bits per heavy atom. The number of amides is 2. The molecule has 5 atom stereocenters. The van der Waals surface area contributed by atoms with E-state index in [1.807, 2.05) is 29.2 Å². The third kappa shape index (κ3) is 4.21. The average molecular weight is 491 g/mol. The van der Waals surface area contributed by atoms with Gasteiger partial charge in [0.2, 0.25) is 11.8 Å². The van der Waals surface area contributed by atoms with Crippen LogP contribution in [0.4, 0.5) is 0 Å². The highest BCUT2D eigenvalue weighted by Gasteiger charge is 2.71. The van der Waals surface area contributed by atoms with Crippen molar-refractivity contribution >= 4 is 29.5 Å². The number of carbonyl (C=O) groups is 3. The highest BCUT2D eigenvalue weighted by molar-refractivity contribution is 8.02. The first-order valence-corrected chi connectivity index (χ1v) is 13.2. The molecule has 0 radical (unpaired) electrons.